The highest BCUT2D eigenvalue weighted by Gasteiger charge is 2.35. The Bertz CT molecular complexity index is 770. The molecule has 2 aromatic rings. The molecule has 0 saturated heterocycles. The molecule has 146 valence electrons. The molecular formula is C23H33N3O. The first kappa shape index (κ1) is 19.7. The first-order valence-electron chi connectivity index (χ1n) is 10.3. The number of nitrogens with one attached hydrogen (secondary N) is 1. The standard InChI is InChI=1S/C23H33N3O/c1-17(2)15-26-19(4)21(18(3)25-26)14-22(27)24-16-23(12-8-9-13-23)20-10-6-5-7-11-20/h5-7,10-11,17H,8-9,12-16H2,1-4H3,(H,24,27). The molecule has 0 aliphatic heterocycles. The number of rotatable bonds is 7. The van der Waals surface area contributed by atoms with Crippen molar-refractivity contribution >= 4 is 5.91 Å². The van der Waals surface area contributed by atoms with Crippen molar-refractivity contribution in [3.05, 3.63) is 52.8 Å². The maximum atomic E-state index is 12.7. The van der Waals surface area contributed by atoms with Gasteiger partial charge in [0.25, 0.3) is 0 Å². The lowest BCUT2D eigenvalue weighted by Gasteiger charge is -2.30. The maximum absolute atomic E-state index is 12.7. The van der Waals surface area contributed by atoms with Crippen LogP contribution in [0.2, 0.25) is 0 Å². The predicted octanol–water partition coefficient (Wildman–Crippen LogP) is 4.33. The smallest absolute Gasteiger partial charge is 0.224 e. The molecule has 0 bridgehead atoms. The predicted molar refractivity (Wildman–Crippen MR) is 110 cm³/mol. The molecule has 1 aliphatic rings. The number of aromatic nitrogens is 2. The number of aryl methyl sites for hydroxylation is 1. The summed E-state index contributed by atoms with van der Waals surface area (Å²) in [7, 11) is 0. The summed E-state index contributed by atoms with van der Waals surface area (Å²) in [6.45, 7) is 10.1. The van der Waals surface area contributed by atoms with Crippen LogP contribution in [0, 0.1) is 19.8 Å². The lowest BCUT2D eigenvalue weighted by molar-refractivity contribution is -0.120. The highest BCUT2D eigenvalue weighted by atomic mass is 16.1. The van der Waals surface area contributed by atoms with Gasteiger partial charge in [-0.25, -0.2) is 0 Å². The van der Waals surface area contributed by atoms with Gasteiger partial charge in [-0.2, -0.15) is 5.10 Å². The molecular weight excluding hydrogens is 334 g/mol. The second kappa shape index (κ2) is 8.28. The monoisotopic (exact) mass is 367 g/mol. The van der Waals surface area contributed by atoms with Gasteiger partial charge < -0.3 is 5.32 Å². The van der Waals surface area contributed by atoms with Crippen LogP contribution < -0.4 is 5.32 Å². The van der Waals surface area contributed by atoms with E-state index >= 15 is 0 Å². The second-order valence-corrected chi connectivity index (χ2v) is 8.53. The van der Waals surface area contributed by atoms with E-state index in [1.54, 1.807) is 0 Å². The SMILES string of the molecule is Cc1nn(CC(C)C)c(C)c1CC(=O)NCC1(c2ccccc2)CCCC1. The minimum Gasteiger partial charge on any atom is -0.355 e. The Hall–Kier alpha value is -2.10. The van der Waals surface area contributed by atoms with Crippen LogP contribution in [0.5, 0.6) is 0 Å². The van der Waals surface area contributed by atoms with Crippen molar-refractivity contribution < 1.29 is 4.79 Å². The number of nitrogens with zero attached hydrogens (tertiary/aromatic N) is 2. The summed E-state index contributed by atoms with van der Waals surface area (Å²) in [5.74, 6) is 0.644. The van der Waals surface area contributed by atoms with Crippen molar-refractivity contribution in [3.8, 4) is 0 Å². The Labute approximate surface area is 163 Å². The van der Waals surface area contributed by atoms with Gasteiger partial charge in [-0.15, -0.1) is 0 Å². The Morgan fingerprint density at radius 3 is 2.48 bits per heavy atom. The highest BCUT2D eigenvalue weighted by molar-refractivity contribution is 5.79. The lowest BCUT2D eigenvalue weighted by atomic mass is 9.79. The minimum absolute atomic E-state index is 0.100. The van der Waals surface area contributed by atoms with Crippen LogP contribution in [0.15, 0.2) is 30.3 Å². The van der Waals surface area contributed by atoms with E-state index < -0.39 is 0 Å². The Balaban J connectivity index is 1.67. The van der Waals surface area contributed by atoms with E-state index in [2.05, 4.69) is 61.5 Å². The summed E-state index contributed by atoms with van der Waals surface area (Å²) < 4.78 is 2.05. The molecule has 0 spiro atoms. The molecule has 27 heavy (non-hydrogen) atoms. The van der Waals surface area contributed by atoms with E-state index in [0.717, 1.165) is 42.9 Å². The van der Waals surface area contributed by atoms with Gasteiger partial charge in [-0.1, -0.05) is 57.0 Å². The summed E-state index contributed by atoms with van der Waals surface area (Å²) >= 11 is 0. The molecule has 1 N–H and O–H groups in total. The van der Waals surface area contributed by atoms with Crippen LogP contribution in [-0.2, 0) is 23.2 Å². The van der Waals surface area contributed by atoms with Crippen LogP contribution in [0.25, 0.3) is 0 Å². The van der Waals surface area contributed by atoms with Crippen LogP contribution in [0.1, 0.15) is 62.0 Å². The van der Waals surface area contributed by atoms with E-state index in [0.29, 0.717) is 12.3 Å². The van der Waals surface area contributed by atoms with Gasteiger partial charge in [0.2, 0.25) is 5.91 Å². The fourth-order valence-electron chi connectivity index (χ4n) is 4.42. The van der Waals surface area contributed by atoms with Crippen LogP contribution in [-0.4, -0.2) is 22.2 Å². The molecule has 4 heteroatoms. The van der Waals surface area contributed by atoms with E-state index in [1.807, 2.05) is 11.6 Å². The van der Waals surface area contributed by atoms with E-state index in [1.165, 1.54) is 18.4 Å². The van der Waals surface area contributed by atoms with Gasteiger partial charge in [0.05, 0.1) is 12.1 Å². The summed E-state index contributed by atoms with van der Waals surface area (Å²) in [5.41, 5.74) is 4.63. The van der Waals surface area contributed by atoms with E-state index in [4.69, 9.17) is 0 Å². The van der Waals surface area contributed by atoms with Crippen molar-refractivity contribution in [3.63, 3.8) is 0 Å². The molecule has 0 atom stereocenters. The fourth-order valence-corrected chi connectivity index (χ4v) is 4.42. The molecule has 4 nitrogen and oxygen atoms in total. The van der Waals surface area contributed by atoms with Gasteiger partial charge in [-0.3, -0.25) is 9.48 Å². The summed E-state index contributed by atoms with van der Waals surface area (Å²) in [6, 6.07) is 10.7. The highest BCUT2D eigenvalue weighted by Crippen LogP contribution is 2.40. The first-order chi connectivity index (χ1) is 12.9. The number of benzene rings is 1. The number of carbonyl (C=O) groups is 1. The van der Waals surface area contributed by atoms with Crippen LogP contribution in [0.4, 0.5) is 0 Å². The summed E-state index contributed by atoms with van der Waals surface area (Å²) in [6.07, 6.45) is 5.21. The molecule has 0 unspecified atom stereocenters. The average molecular weight is 368 g/mol. The molecule has 3 rings (SSSR count). The van der Waals surface area contributed by atoms with E-state index in [9.17, 15) is 4.79 Å². The van der Waals surface area contributed by atoms with Crippen molar-refractivity contribution in [1.29, 1.82) is 0 Å². The Kier molecular flexibility index (Phi) is 6.03. The Morgan fingerprint density at radius 1 is 1.19 bits per heavy atom. The van der Waals surface area contributed by atoms with Crippen molar-refractivity contribution in [2.24, 2.45) is 5.92 Å². The van der Waals surface area contributed by atoms with Gasteiger partial charge in [0, 0.05) is 29.8 Å². The van der Waals surface area contributed by atoms with Crippen molar-refractivity contribution in [1.82, 2.24) is 15.1 Å². The molecule has 1 heterocycles. The van der Waals surface area contributed by atoms with Gasteiger partial charge >= 0.3 is 0 Å². The molecule has 1 aromatic heterocycles. The zero-order valence-electron chi connectivity index (χ0n) is 17.2. The first-order valence-corrected chi connectivity index (χ1v) is 10.3. The third kappa shape index (κ3) is 4.42. The van der Waals surface area contributed by atoms with Crippen molar-refractivity contribution in [2.75, 3.05) is 6.54 Å². The number of hydrogen-bond acceptors (Lipinski definition) is 2. The Morgan fingerprint density at radius 2 is 1.85 bits per heavy atom. The van der Waals surface area contributed by atoms with Crippen molar-refractivity contribution in [2.45, 2.75) is 71.8 Å². The topological polar surface area (TPSA) is 46.9 Å². The van der Waals surface area contributed by atoms with Gasteiger partial charge in [0.15, 0.2) is 0 Å². The van der Waals surface area contributed by atoms with E-state index in [-0.39, 0.29) is 11.3 Å². The second-order valence-electron chi connectivity index (χ2n) is 8.53. The van der Waals surface area contributed by atoms with Crippen LogP contribution in [0.3, 0.4) is 0 Å². The quantitative estimate of drug-likeness (QED) is 0.792. The molecule has 1 amide bonds. The molecule has 1 saturated carbocycles. The minimum atomic E-state index is 0.100. The fraction of sp³-hybridized carbons (Fsp3) is 0.565. The molecule has 1 aliphatic carbocycles. The molecule has 1 fully saturated rings. The molecule has 1 aromatic carbocycles. The normalized spacial score (nSPS) is 16.0. The van der Waals surface area contributed by atoms with Crippen LogP contribution >= 0.6 is 0 Å². The van der Waals surface area contributed by atoms with Gasteiger partial charge in [0.1, 0.15) is 0 Å². The zero-order valence-corrected chi connectivity index (χ0v) is 17.2. The third-order valence-electron chi connectivity index (χ3n) is 5.98. The summed E-state index contributed by atoms with van der Waals surface area (Å²) in [5, 5.41) is 7.88. The molecule has 0 radical (unpaired) electrons. The van der Waals surface area contributed by atoms with Gasteiger partial charge in [-0.05, 0) is 38.2 Å². The number of hydrogen-bond donors (Lipinski definition) is 1. The maximum Gasteiger partial charge on any atom is 0.224 e. The number of amides is 1. The largest absolute Gasteiger partial charge is 0.355 e. The zero-order chi connectivity index (χ0) is 19.4. The summed E-state index contributed by atoms with van der Waals surface area (Å²) in [4.78, 5) is 12.7. The average Bonchev–Trinajstić information content (AvgIpc) is 3.22. The number of carbonyl (C=O) groups excluding carboxylic acids is 1. The third-order valence-corrected chi connectivity index (χ3v) is 5.98. The lowest BCUT2D eigenvalue weighted by Crippen LogP contribution is -2.39.